The molecule has 0 radical (unpaired) electrons. The summed E-state index contributed by atoms with van der Waals surface area (Å²) < 4.78 is 33.2. The van der Waals surface area contributed by atoms with Crippen LogP contribution in [0.25, 0.3) is 0 Å². The predicted octanol–water partition coefficient (Wildman–Crippen LogP) is 3.22. The lowest BCUT2D eigenvalue weighted by molar-refractivity contribution is 0.628. The quantitative estimate of drug-likeness (QED) is 0.551. The van der Waals surface area contributed by atoms with Crippen molar-refractivity contribution in [3.05, 3.63) is 69.8 Å². The first kappa shape index (κ1) is 32.8. The molecular weight excluding hydrogens is 491 g/mol. The van der Waals surface area contributed by atoms with Gasteiger partial charge in [-0.15, -0.1) is 24.8 Å². The van der Waals surface area contributed by atoms with Crippen LogP contribution in [0.4, 0.5) is 0 Å². The van der Waals surface area contributed by atoms with Crippen molar-refractivity contribution in [2.45, 2.75) is 46.1 Å². The number of rotatable bonds is 0. The van der Waals surface area contributed by atoms with E-state index in [9.17, 15) is 0 Å². The molecule has 2 aliphatic rings. The van der Waals surface area contributed by atoms with E-state index in [4.69, 9.17) is 16.8 Å². The largest absolute Gasteiger partial charge is 0.335 e. The van der Waals surface area contributed by atoms with Gasteiger partial charge in [-0.3, -0.25) is 0 Å². The van der Waals surface area contributed by atoms with Crippen molar-refractivity contribution in [2.75, 3.05) is 19.6 Å². The minimum Gasteiger partial charge on any atom is -0.316 e. The molecule has 0 amide bonds. The molecule has 32 heavy (non-hydrogen) atoms. The summed E-state index contributed by atoms with van der Waals surface area (Å²) in [4.78, 5) is 0. The van der Waals surface area contributed by atoms with Gasteiger partial charge in [-0.1, -0.05) is 47.5 Å². The number of hydrogen-bond acceptors (Lipinski definition) is 6. The van der Waals surface area contributed by atoms with Crippen molar-refractivity contribution in [3.8, 4) is 0 Å². The van der Waals surface area contributed by atoms with Gasteiger partial charge in [0.1, 0.15) is 0 Å². The number of aryl methyl sites for hydroxylation is 3. The van der Waals surface area contributed by atoms with Gasteiger partial charge in [-0.25, -0.2) is 0 Å². The summed E-state index contributed by atoms with van der Waals surface area (Å²) in [5.74, 6) is 0. The first-order chi connectivity index (χ1) is 14.5. The molecule has 0 bridgehead atoms. The molecule has 0 unspecified atom stereocenters. The maximum absolute atomic E-state index is 8.29. The van der Waals surface area contributed by atoms with E-state index in [-0.39, 0.29) is 24.8 Å². The number of hydrogen-bond donors (Lipinski definition) is 2. The molecular formula is C22H32Cl2N2O4S2. The minimum atomic E-state index is -0.750. The maximum atomic E-state index is 8.29. The molecule has 2 aromatic carbocycles. The summed E-state index contributed by atoms with van der Waals surface area (Å²) in [6, 6.07) is 13.6. The highest BCUT2D eigenvalue weighted by Crippen LogP contribution is 2.16. The Bertz CT molecular complexity index is 802. The molecule has 4 rings (SSSR count). The van der Waals surface area contributed by atoms with Crippen LogP contribution in [0.3, 0.4) is 0 Å². The highest BCUT2D eigenvalue weighted by atomic mass is 35.5. The summed E-state index contributed by atoms with van der Waals surface area (Å²) >= 11 is -1.50. The van der Waals surface area contributed by atoms with E-state index in [1.54, 1.807) is 11.1 Å². The number of nitrogens with one attached hydrogen (secondary N) is 2. The Morgan fingerprint density at radius 3 is 1.66 bits per heavy atom. The van der Waals surface area contributed by atoms with Crippen LogP contribution in [0.1, 0.15) is 39.8 Å². The molecule has 0 saturated carbocycles. The third-order valence-corrected chi connectivity index (χ3v) is 4.98. The standard InChI is InChI=1S/2C11H15N.2ClH.2O2S/c1-9-2-3-10-4-6-12-7-5-11(10)8-9;1-9-4-5-11-8-12-6-2-3-10(11)7-9;;;2*1-3-2/h2-3,8,12H,4-7H2,1H3;4-5,7,12H,2-3,6,8H2,1H3;2*1H;;. The number of halogens is 2. The van der Waals surface area contributed by atoms with E-state index in [0.717, 1.165) is 26.2 Å². The van der Waals surface area contributed by atoms with Crippen molar-refractivity contribution in [1.29, 1.82) is 0 Å². The highest BCUT2D eigenvalue weighted by molar-refractivity contribution is 7.51. The van der Waals surface area contributed by atoms with Gasteiger partial charge < -0.3 is 10.6 Å². The molecule has 0 saturated heterocycles. The molecule has 180 valence electrons. The van der Waals surface area contributed by atoms with Gasteiger partial charge in [0.05, 0.1) is 0 Å². The lowest BCUT2D eigenvalue weighted by Crippen LogP contribution is -2.16. The predicted molar refractivity (Wildman–Crippen MR) is 135 cm³/mol. The Kier molecular flexibility index (Phi) is 20.7. The zero-order chi connectivity index (χ0) is 22.2. The van der Waals surface area contributed by atoms with Gasteiger partial charge in [0.15, 0.2) is 0 Å². The summed E-state index contributed by atoms with van der Waals surface area (Å²) in [7, 11) is 0. The minimum absolute atomic E-state index is 0. The molecule has 0 atom stereocenters. The Labute approximate surface area is 210 Å². The number of fused-ring (bicyclic) bond motifs is 2. The van der Waals surface area contributed by atoms with Gasteiger partial charge in [0.25, 0.3) is 0 Å². The van der Waals surface area contributed by atoms with Gasteiger partial charge in [0, 0.05) is 6.54 Å². The zero-order valence-electron chi connectivity index (χ0n) is 18.4. The van der Waals surface area contributed by atoms with Gasteiger partial charge >= 0.3 is 23.1 Å². The summed E-state index contributed by atoms with van der Waals surface area (Å²) in [5, 5.41) is 6.84. The smallest absolute Gasteiger partial charge is 0.316 e. The van der Waals surface area contributed by atoms with Crippen LogP contribution in [-0.4, -0.2) is 36.5 Å². The topological polar surface area (TPSA) is 92.3 Å². The lowest BCUT2D eigenvalue weighted by Gasteiger charge is -2.05. The molecule has 0 aromatic heterocycles. The molecule has 0 spiro atoms. The van der Waals surface area contributed by atoms with Crippen LogP contribution in [0.2, 0.25) is 0 Å². The molecule has 6 nitrogen and oxygen atoms in total. The first-order valence-corrected chi connectivity index (χ1v) is 11.3. The second-order valence-corrected chi connectivity index (χ2v) is 7.48. The van der Waals surface area contributed by atoms with E-state index in [1.807, 2.05) is 0 Å². The van der Waals surface area contributed by atoms with Crippen LogP contribution in [0.15, 0.2) is 36.4 Å². The van der Waals surface area contributed by atoms with Crippen molar-refractivity contribution in [3.63, 3.8) is 0 Å². The van der Waals surface area contributed by atoms with Gasteiger partial charge in [-0.05, 0) is 81.4 Å². The third-order valence-electron chi connectivity index (χ3n) is 4.98. The van der Waals surface area contributed by atoms with E-state index >= 15 is 0 Å². The van der Waals surface area contributed by atoms with E-state index < -0.39 is 23.1 Å². The molecule has 10 heteroatoms. The fraction of sp³-hybridized carbons (Fsp3) is 0.455. The van der Waals surface area contributed by atoms with Crippen molar-refractivity contribution < 1.29 is 16.8 Å². The Morgan fingerprint density at radius 1 is 0.625 bits per heavy atom. The Morgan fingerprint density at radius 2 is 1.09 bits per heavy atom. The van der Waals surface area contributed by atoms with Crippen molar-refractivity contribution in [2.24, 2.45) is 0 Å². The molecule has 2 N–H and O–H groups in total. The third kappa shape index (κ3) is 13.2. The normalized spacial score (nSPS) is 13.3. The second-order valence-electron chi connectivity index (χ2n) is 7.21. The molecule has 2 aromatic rings. The monoisotopic (exact) mass is 522 g/mol. The van der Waals surface area contributed by atoms with E-state index in [1.165, 1.54) is 47.9 Å². The second kappa shape index (κ2) is 20.2. The van der Waals surface area contributed by atoms with Gasteiger partial charge in [-0.2, -0.15) is 16.8 Å². The average molecular weight is 524 g/mol. The summed E-state index contributed by atoms with van der Waals surface area (Å²) in [5.41, 5.74) is 8.87. The molecule has 2 heterocycles. The Hall–Kier alpha value is -1.42. The highest BCUT2D eigenvalue weighted by Gasteiger charge is 2.06. The first-order valence-electron chi connectivity index (χ1n) is 9.97. The summed E-state index contributed by atoms with van der Waals surface area (Å²) in [6.45, 7) is 8.81. The van der Waals surface area contributed by atoms with E-state index in [2.05, 4.69) is 60.9 Å². The maximum Gasteiger partial charge on any atom is 0.335 e. The fourth-order valence-electron chi connectivity index (χ4n) is 3.59. The van der Waals surface area contributed by atoms with Crippen molar-refractivity contribution in [1.82, 2.24) is 10.6 Å². The van der Waals surface area contributed by atoms with Crippen LogP contribution >= 0.6 is 24.8 Å². The molecule has 0 fully saturated rings. The Balaban J connectivity index is 0. The molecule has 0 aliphatic carbocycles. The van der Waals surface area contributed by atoms with Crippen molar-refractivity contribution >= 4 is 48.0 Å². The van der Waals surface area contributed by atoms with Crippen LogP contribution < -0.4 is 10.6 Å². The molecule has 2 aliphatic heterocycles. The van der Waals surface area contributed by atoms with Crippen LogP contribution in [0.5, 0.6) is 0 Å². The van der Waals surface area contributed by atoms with E-state index in [0.29, 0.717) is 0 Å². The lowest BCUT2D eigenvalue weighted by atomic mass is 10.0. The van der Waals surface area contributed by atoms with Gasteiger partial charge in [0.2, 0.25) is 0 Å². The van der Waals surface area contributed by atoms with Crippen LogP contribution in [0, 0.1) is 13.8 Å². The average Bonchev–Trinajstić information content (AvgIpc) is 3.09. The number of benzene rings is 2. The van der Waals surface area contributed by atoms with Crippen LogP contribution in [-0.2, 0) is 48.9 Å². The fourth-order valence-corrected chi connectivity index (χ4v) is 3.59. The zero-order valence-corrected chi connectivity index (χ0v) is 21.7. The summed E-state index contributed by atoms with van der Waals surface area (Å²) in [6.07, 6.45) is 4.90. The SMILES string of the molecule is Cc1ccc2c(c1)CCCNC2.Cc1ccc2c(c1)CCNCC2.Cl.Cl.O=S=O.O=S=O.